The summed E-state index contributed by atoms with van der Waals surface area (Å²) in [6.07, 6.45) is -0.853. The van der Waals surface area contributed by atoms with Crippen molar-refractivity contribution in [3.05, 3.63) is 23.0 Å². The fourth-order valence-corrected chi connectivity index (χ4v) is 3.46. The third-order valence-electron chi connectivity index (χ3n) is 2.95. The number of hydrogen-bond acceptors (Lipinski definition) is 6. The average molecular weight is 435 g/mol. The number of ether oxygens (including phenoxy) is 4. The Morgan fingerprint density at radius 2 is 0.893 bits per heavy atom. The minimum atomic E-state index is -1.74. The molecule has 0 spiro atoms. The molecule has 0 aliphatic heterocycles. The van der Waals surface area contributed by atoms with E-state index in [1.54, 1.807) is 0 Å². The fourth-order valence-electron chi connectivity index (χ4n) is 1.84. The van der Waals surface area contributed by atoms with Crippen molar-refractivity contribution < 1.29 is 27.8 Å². The van der Waals surface area contributed by atoms with Crippen molar-refractivity contribution in [2.24, 2.45) is 0 Å². The van der Waals surface area contributed by atoms with Crippen LogP contribution >= 0.6 is 0 Å². The van der Waals surface area contributed by atoms with Gasteiger partial charge in [-0.05, 0) is 80.8 Å². The minimum absolute atomic E-state index is 0.386. The molecule has 0 aromatic carbocycles. The summed E-state index contributed by atoms with van der Waals surface area (Å²) in [6, 6.07) is 0. The molecule has 0 amide bonds. The van der Waals surface area contributed by atoms with Crippen LogP contribution in [0.5, 0.6) is 0 Å². The Balaban J connectivity index is 4.36. The average Bonchev–Trinajstić information content (AvgIpc) is 2.47. The molecular weight excluding hydrogens is 392 g/mol. The Morgan fingerprint density at radius 1 is 0.607 bits per heavy atom. The van der Waals surface area contributed by atoms with Gasteiger partial charge in [0.1, 0.15) is 0 Å². The van der Waals surface area contributed by atoms with Crippen molar-refractivity contribution in [3.8, 4) is 0 Å². The molecule has 6 nitrogen and oxygen atoms in total. The Bertz CT molecular complexity index is 476. The van der Waals surface area contributed by atoms with E-state index in [0.717, 1.165) is 11.1 Å². The van der Waals surface area contributed by atoms with Gasteiger partial charge in [0.2, 0.25) is 16.6 Å². The van der Waals surface area contributed by atoms with Gasteiger partial charge in [-0.25, -0.2) is 0 Å². The van der Waals surface area contributed by atoms with Crippen LogP contribution in [-0.2, 0) is 27.8 Å². The normalized spacial score (nSPS) is 14.0. The molecule has 2 atom stereocenters. The molecule has 8 heteroatoms. The largest absolute Gasteiger partial charge is 0.520 e. The maximum Gasteiger partial charge on any atom is 0.266 e. The van der Waals surface area contributed by atoms with Crippen LogP contribution in [0.2, 0.25) is 39.3 Å². The van der Waals surface area contributed by atoms with E-state index in [2.05, 4.69) is 39.3 Å². The zero-order chi connectivity index (χ0) is 22.1. The minimum Gasteiger partial charge on any atom is -0.520 e. The second-order valence-corrected chi connectivity index (χ2v) is 18.0. The standard InChI is InChI=1S/C20H42O6Si2/c1-15(2)19(25-27(7,8)9)23-17(5)21-13-14-22-18(6)24-20(16(3)4)26-28(10,11)12/h17-18H,13-14H2,1-12H3. The van der Waals surface area contributed by atoms with E-state index in [1.165, 1.54) is 0 Å². The van der Waals surface area contributed by atoms with Crippen molar-refractivity contribution in [2.45, 2.75) is 93.4 Å². The van der Waals surface area contributed by atoms with Crippen LogP contribution in [0.25, 0.3) is 0 Å². The first kappa shape index (κ1) is 27.0. The smallest absolute Gasteiger partial charge is 0.266 e. The number of allylic oxidation sites excluding steroid dienone is 2. The summed E-state index contributed by atoms with van der Waals surface area (Å²) in [5.74, 6) is 1.11. The molecule has 28 heavy (non-hydrogen) atoms. The van der Waals surface area contributed by atoms with E-state index >= 15 is 0 Å². The fraction of sp³-hybridized carbons (Fsp3) is 0.800. The van der Waals surface area contributed by atoms with Gasteiger partial charge in [0, 0.05) is 11.1 Å². The highest BCUT2D eigenvalue weighted by Gasteiger charge is 2.22. The Morgan fingerprint density at radius 3 is 1.11 bits per heavy atom. The topological polar surface area (TPSA) is 55.4 Å². The zero-order valence-corrected chi connectivity index (χ0v) is 22.0. The van der Waals surface area contributed by atoms with Crippen LogP contribution in [0.3, 0.4) is 0 Å². The zero-order valence-electron chi connectivity index (χ0n) is 20.0. The molecule has 0 fully saturated rings. The first-order chi connectivity index (χ1) is 12.6. The second-order valence-electron chi connectivity index (χ2n) is 9.12. The summed E-state index contributed by atoms with van der Waals surface area (Å²) in [7, 11) is -3.48. The third kappa shape index (κ3) is 14.1. The lowest BCUT2D eigenvalue weighted by Gasteiger charge is -2.26. The second kappa shape index (κ2) is 11.9. The van der Waals surface area contributed by atoms with Gasteiger partial charge in [-0.3, -0.25) is 0 Å². The van der Waals surface area contributed by atoms with Gasteiger partial charge in [0.25, 0.3) is 11.9 Å². The van der Waals surface area contributed by atoms with E-state index in [4.69, 9.17) is 27.8 Å². The van der Waals surface area contributed by atoms with E-state index in [-0.39, 0.29) is 0 Å². The van der Waals surface area contributed by atoms with Crippen molar-refractivity contribution >= 4 is 16.6 Å². The van der Waals surface area contributed by atoms with Gasteiger partial charge in [-0.2, -0.15) is 0 Å². The van der Waals surface area contributed by atoms with E-state index in [1.807, 2.05) is 41.5 Å². The van der Waals surface area contributed by atoms with Crippen molar-refractivity contribution in [1.29, 1.82) is 0 Å². The van der Waals surface area contributed by atoms with Crippen LogP contribution in [0.4, 0.5) is 0 Å². The van der Waals surface area contributed by atoms with E-state index in [9.17, 15) is 0 Å². The summed E-state index contributed by atoms with van der Waals surface area (Å²) in [4.78, 5) is 0. The van der Waals surface area contributed by atoms with Gasteiger partial charge in [-0.15, -0.1) is 0 Å². The lowest BCUT2D eigenvalue weighted by Crippen LogP contribution is -2.29. The van der Waals surface area contributed by atoms with Crippen LogP contribution < -0.4 is 0 Å². The van der Waals surface area contributed by atoms with Crippen molar-refractivity contribution in [2.75, 3.05) is 13.2 Å². The third-order valence-corrected chi connectivity index (χ3v) is 4.54. The van der Waals surface area contributed by atoms with Crippen LogP contribution in [-0.4, -0.2) is 42.4 Å². The predicted molar refractivity (Wildman–Crippen MR) is 119 cm³/mol. The van der Waals surface area contributed by atoms with Gasteiger partial charge < -0.3 is 27.8 Å². The monoisotopic (exact) mass is 434 g/mol. The first-order valence-electron chi connectivity index (χ1n) is 9.90. The SMILES string of the molecule is CC(C)=C(OC(C)OCCOC(C)OC(O[Si](C)(C)C)=C(C)C)O[Si](C)(C)C. The summed E-state index contributed by atoms with van der Waals surface area (Å²) < 4.78 is 34.9. The van der Waals surface area contributed by atoms with Crippen LogP contribution in [0.1, 0.15) is 41.5 Å². The molecule has 0 heterocycles. The summed E-state index contributed by atoms with van der Waals surface area (Å²) in [5.41, 5.74) is 1.99. The Hall–Kier alpha value is -0.966. The lowest BCUT2D eigenvalue weighted by molar-refractivity contribution is -0.167. The van der Waals surface area contributed by atoms with Crippen molar-refractivity contribution in [1.82, 2.24) is 0 Å². The molecular formula is C20H42O6Si2. The Kier molecular flexibility index (Phi) is 11.5. The molecule has 0 aromatic rings. The molecule has 166 valence electrons. The maximum atomic E-state index is 5.97. The van der Waals surface area contributed by atoms with Crippen LogP contribution in [0, 0.1) is 0 Å². The number of hydrogen-bond donors (Lipinski definition) is 0. The van der Waals surface area contributed by atoms with Gasteiger partial charge in [0.15, 0.2) is 12.6 Å². The molecule has 0 N–H and O–H groups in total. The summed E-state index contributed by atoms with van der Waals surface area (Å²) in [6.45, 7) is 25.0. The first-order valence-corrected chi connectivity index (χ1v) is 16.7. The molecule has 0 saturated carbocycles. The molecule has 0 rings (SSSR count). The number of rotatable bonds is 13. The highest BCUT2D eigenvalue weighted by atomic mass is 28.4. The highest BCUT2D eigenvalue weighted by Crippen LogP contribution is 2.19. The summed E-state index contributed by atoms with van der Waals surface area (Å²) in [5, 5.41) is 0. The van der Waals surface area contributed by atoms with Crippen molar-refractivity contribution in [3.63, 3.8) is 0 Å². The predicted octanol–water partition coefficient (Wildman–Crippen LogP) is 5.95. The highest BCUT2D eigenvalue weighted by molar-refractivity contribution is 6.70. The van der Waals surface area contributed by atoms with E-state index in [0.29, 0.717) is 25.1 Å². The van der Waals surface area contributed by atoms with Gasteiger partial charge in [-0.1, -0.05) is 0 Å². The molecule has 0 aliphatic rings. The van der Waals surface area contributed by atoms with Crippen LogP contribution in [0.15, 0.2) is 23.0 Å². The molecule has 0 radical (unpaired) electrons. The summed E-state index contributed by atoms with van der Waals surface area (Å²) >= 11 is 0. The molecule has 2 unspecified atom stereocenters. The molecule has 0 aromatic heterocycles. The molecule has 0 saturated heterocycles. The molecule has 0 bridgehead atoms. The maximum absolute atomic E-state index is 5.97. The molecule has 0 aliphatic carbocycles. The van der Waals surface area contributed by atoms with Gasteiger partial charge in [0.05, 0.1) is 13.2 Å². The lowest BCUT2D eigenvalue weighted by atomic mass is 10.4. The Labute approximate surface area is 174 Å². The quantitative estimate of drug-likeness (QED) is 0.154. The van der Waals surface area contributed by atoms with E-state index < -0.39 is 29.2 Å². The van der Waals surface area contributed by atoms with Gasteiger partial charge >= 0.3 is 0 Å².